The van der Waals surface area contributed by atoms with Gasteiger partial charge in [-0.15, -0.1) is 0 Å². The maximum Gasteiger partial charge on any atom is 0.137 e. The summed E-state index contributed by atoms with van der Waals surface area (Å²) in [5, 5.41) is 13.1. The summed E-state index contributed by atoms with van der Waals surface area (Å²) in [5.41, 5.74) is 3.36. The molecule has 108 valence electrons. The number of aryl methyl sites for hydroxylation is 1. The predicted molar refractivity (Wildman–Crippen MR) is 79.6 cm³/mol. The molecule has 0 spiro atoms. The molecule has 0 aromatic carbocycles. The molecule has 0 saturated heterocycles. The maximum absolute atomic E-state index is 9.53. The molecular formula is C16H23N3O. The summed E-state index contributed by atoms with van der Waals surface area (Å²) < 4.78 is 2.16. The van der Waals surface area contributed by atoms with Crippen molar-refractivity contribution in [1.82, 2.24) is 14.7 Å². The number of hydrogen-bond acceptors (Lipinski definition) is 3. The van der Waals surface area contributed by atoms with E-state index in [0.29, 0.717) is 5.92 Å². The molecule has 0 amide bonds. The van der Waals surface area contributed by atoms with Gasteiger partial charge in [-0.2, -0.15) is 0 Å². The normalized spacial score (nSPS) is 23.3. The Morgan fingerprint density at radius 2 is 2.10 bits per heavy atom. The zero-order valence-corrected chi connectivity index (χ0v) is 12.0. The van der Waals surface area contributed by atoms with E-state index in [9.17, 15) is 5.11 Å². The first-order valence-corrected chi connectivity index (χ1v) is 7.55. The minimum atomic E-state index is -0.0627. The van der Waals surface area contributed by atoms with Gasteiger partial charge in [0.25, 0.3) is 0 Å². The van der Waals surface area contributed by atoms with Crippen LogP contribution < -0.4 is 5.32 Å². The van der Waals surface area contributed by atoms with Gasteiger partial charge in [0.1, 0.15) is 5.65 Å². The number of rotatable bonds is 4. The van der Waals surface area contributed by atoms with E-state index in [4.69, 9.17) is 0 Å². The van der Waals surface area contributed by atoms with Crippen molar-refractivity contribution in [3.05, 3.63) is 35.8 Å². The molecule has 0 aliphatic heterocycles. The van der Waals surface area contributed by atoms with Crippen LogP contribution >= 0.6 is 0 Å². The van der Waals surface area contributed by atoms with Gasteiger partial charge >= 0.3 is 0 Å². The van der Waals surface area contributed by atoms with Gasteiger partial charge < -0.3 is 14.8 Å². The van der Waals surface area contributed by atoms with Crippen LogP contribution in [0.15, 0.2) is 24.4 Å². The minimum Gasteiger partial charge on any atom is -0.393 e. The van der Waals surface area contributed by atoms with Gasteiger partial charge in [-0.25, -0.2) is 4.98 Å². The first-order chi connectivity index (χ1) is 9.74. The van der Waals surface area contributed by atoms with Crippen molar-refractivity contribution in [2.75, 3.05) is 6.54 Å². The van der Waals surface area contributed by atoms with Gasteiger partial charge in [-0.3, -0.25) is 0 Å². The molecule has 2 heterocycles. The monoisotopic (exact) mass is 273 g/mol. The zero-order valence-electron chi connectivity index (χ0n) is 12.0. The molecular weight excluding hydrogens is 250 g/mol. The molecule has 1 saturated carbocycles. The van der Waals surface area contributed by atoms with Crippen LogP contribution in [-0.2, 0) is 6.54 Å². The molecule has 20 heavy (non-hydrogen) atoms. The van der Waals surface area contributed by atoms with Crippen LogP contribution in [0.4, 0.5) is 0 Å². The Kier molecular flexibility index (Phi) is 4.03. The van der Waals surface area contributed by atoms with Crippen LogP contribution in [-0.4, -0.2) is 27.1 Å². The fourth-order valence-corrected chi connectivity index (χ4v) is 3.12. The van der Waals surface area contributed by atoms with E-state index in [0.717, 1.165) is 50.1 Å². The third-order valence-electron chi connectivity index (χ3n) is 4.37. The SMILES string of the molecule is Cc1nc2ccccn2c1CNCC1CCC(O)CC1. The lowest BCUT2D eigenvalue weighted by molar-refractivity contribution is 0.108. The second-order valence-corrected chi connectivity index (χ2v) is 5.88. The van der Waals surface area contributed by atoms with E-state index < -0.39 is 0 Å². The standard InChI is InChI=1S/C16H23N3O/c1-12-15(19-9-3-2-4-16(19)18-12)11-17-10-13-5-7-14(20)8-6-13/h2-4,9,13-14,17,20H,5-8,10-11H2,1H3. The van der Waals surface area contributed by atoms with Crippen LogP contribution in [0.25, 0.3) is 5.65 Å². The lowest BCUT2D eigenvalue weighted by atomic mass is 9.87. The highest BCUT2D eigenvalue weighted by Crippen LogP contribution is 2.23. The van der Waals surface area contributed by atoms with Crippen LogP contribution in [0.1, 0.15) is 37.1 Å². The van der Waals surface area contributed by atoms with Crippen molar-refractivity contribution >= 4 is 5.65 Å². The summed E-state index contributed by atoms with van der Waals surface area (Å²) in [5.74, 6) is 0.706. The van der Waals surface area contributed by atoms with E-state index in [1.807, 2.05) is 18.2 Å². The quantitative estimate of drug-likeness (QED) is 0.898. The Morgan fingerprint density at radius 1 is 1.30 bits per heavy atom. The Bertz CT molecular complexity index is 570. The first kappa shape index (κ1) is 13.6. The maximum atomic E-state index is 9.53. The molecule has 1 aliphatic rings. The molecule has 3 rings (SSSR count). The van der Waals surface area contributed by atoms with Gasteiger partial charge in [0.15, 0.2) is 0 Å². The van der Waals surface area contributed by atoms with Gasteiger partial charge in [0, 0.05) is 12.7 Å². The molecule has 0 radical (unpaired) electrons. The number of nitrogens with zero attached hydrogens (tertiary/aromatic N) is 2. The van der Waals surface area contributed by atoms with Gasteiger partial charge in [0.05, 0.1) is 17.5 Å². The predicted octanol–water partition coefficient (Wildman–Crippen LogP) is 2.28. The summed E-state index contributed by atoms with van der Waals surface area (Å²) in [6, 6.07) is 6.10. The van der Waals surface area contributed by atoms with Crippen molar-refractivity contribution in [1.29, 1.82) is 0 Å². The van der Waals surface area contributed by atoms with Crippen LogP contribution in [0, 0.1) is 12.8 Å². The van der Waals surface area contributed by atoms with Crippen molar-refractivity contribution in [2.24, 2.45) is 5.92 Å². The highest BCUT2D eigenvalue weighted by molar-refractivity contribution is 5.42. The van der Waals surface area contributed by atoms with E-state index in [-0.39, 0.29) is 6.10 Å². The Morgan fingerprint density at radius 3 is 2.90 bits per heavy atom. The average molecular weight is 273 g/mol. The highest BCUT2D eigenvalue weighted by atomic mass is 16.3. The van der Waals surface area contributed by atoms with Crippen molar-refractivity contribution < 1.29 is 5.11 Å². The number of hydrogen-bond donors (Lipinski definition) is 2. The second kappa shape index (κ2) is 5.94. The Labute approximate surface area is 119 Å². The molecule has 2 aromatic rings. The topological polar surface area (TPSA) is 49.6 Å². The third-order valence-corrected chi connectivity index (χ3v) is 4.37. The van der Waals surface area contributed by atoms with Crippen molar-refractivity contribution in [3.63, 3.8) is 0 Å². The summed E-state index contributed by atoms with van der Waals surface area (Å²) in [4.78, 5) is 4.58. The Balaban J connectivity index is 1.59. The molecule has 4 heteroatoms. The summed E-state index contributed by atoms with van der Waals surface area (Å²) in [6.45, 7) is 3.96. The zero-order chi connectivity index (χ0) is 13.9. The van der Waals surface area contributed by atoms with Crippen molar-refractivity contribution in [2.45, 2.75) is 45.3 Å². The number of aromatic nitrogens is 2. The number of fused-ring (bicyclic) bond motifs is 1. The van der Waals surface area contributed by atoms with Crippen LogP contribution in [0.3, 0.4) is 0 Å². The fraction of sp³-hybridized carbons (Fsp3) is 0.562. The molecule has 0 bridgehead atoms. The number of pyridine rings is 1. The molecule has 0 unspecified atom stereocenters. The van der Waals surface area contributed by atoms with Crippen LogP contribution in [0.2, 0.25) is 0 Å². The van der Waals surface area contributed by atoms with E-state index >= 15 is 0 Å². The third kappa shape index (κ3) is 2.86. The summed E-state index contributed by atoms with van der Waals surface area (Å²) >= 11 is 0. The molecule has 4 nitrogen and oxygen atoms in total. The van der Waals surface area contributed by atoms with E-state index in [1.54, 1.807) is 0 Å². The van der Waals surface area contributed by atoms with Crippen molar-refractivity contribution in [3.8, 4) is 0 Å². The highest BCUT2D eigenvalue weighted by Gasteiger charge is 2.19. The molecule has 1 aliphatic carbocycles. The largest absolute Gasteiger partial charge is 0.393 e. The fourth-order valence-electron chi connectivity index (χ4n) is 3.12. The second-order valence-electron chi connectivity index (χ2n) is 5.88. The van der Waals surface area contributed by atoms with E-state index in [2.05, 4.69) is 27.8 Å². The molecule has 2 aromatic heterocycles. The lowest BCUT2D eigenvalue weighted by Crippen LogP contribution is -2.28. The smallest absolute Gasteiger partial charge is 0.137 e. The molecule has 0 atom stereocenters. The number of nitrogens with one attached hydrogen (secondary N) is 1. The molecule has 1 fully saturated rings. The first-order valence-electron chi connectivity index (χ1n) is 7.55. The van der Waals surface area contributed by atoms with Gasteiger partial charge in [-0.05, 0) is 57.2 Å². The Hall–Kier alpha value is -1.39. The van der Waals surface area contributed by atoms with Gasteiger partial charge in [0.2, 0.25) is 0 Å². The summed E-state index contributed by atoms with van der Waals surface area (Å²) in [7, 11) is 0. The number of aliphatic hydroxyl groups is 1. The number of imidazole rings is 1. The average Bonchev–Trinajstić information content (AvgIpc) is 2.77. The van der Waals surface area contributed by atoms with Gasteiger partial charge in [-0.1, -0.05) is 6.07 Å². The lowest BCUT2D eigenvalue weighted by Gasteiger charge is -2.25. The minimum absolute atomic E-state index is 0.0627. The molecule has 2 N–H and O–H groups in total. The number of aliphatic hydroxyl groups excluding tert-OH is 1. The summed E-state index contributed by atoms with van der Waals surface area (Å²) in [6.07, 6.45) is 6.21. The van der Waals surface area contributed by atoms with Crippen LogP contribution in [0.5, 0.6) is 0 Å². The van der Waals surface area contributed by atoms with E-state index in [1.165, 1.54) is 5.69 Å².